The van der Waals surface area contributed by atoms with Gasteiger partial charge in [0.25, 0.3) is 0 Å². The van der Waals surface area contributed by atoms with Crippen molar-refractivity contribution in [1.29, 1.82) is 0 Å². The number of aliphatic hydroxyl groups excluding tert-OH is 4. The minimum absolute atomic E-state index is 0.106. The van der Waals surface area contributed by atoms with Crippen molar-refractivity contribution in [2.24, 2.45) is 0 Å². The van der Waals surface area contributed by atoms with Gasteiger partial charge in [-0.15, -0.1) is 0 Å². The number of benzene rings is 2. The van der Waals surface area contributed by atoms with Crippen molar-refractivity contribution in [1.82, 2.24) is 0 Å². The third-order valence-corrected chi connectivity index (χ3v) is 7.37. The molecule has 0 spiro atoms. The molecule has 2 fully saturated rings. The van der Waals surface area contributed by atoms with Gasteiger partial charge in [0.1, 0.15) is 52.5 Å². The summed E-state index contributed by atoms with van der Waals surface area (Å²) in [5.74, 6) is -1.36. The fraction of sp³-hybridized carbons (Fsp3) is 0.464. The topological polar surface area (TPSA) is 227 Å². The standard InChI is InChI=1S/C28H32O15/c1-28(36)10-39-27(25(28)35)43-24-21(34)19(32)17(9-29)41-26(24)42-23-20(33)18-14(31)7-12(37-2)8-16(18)40-22(23)11-4-5-15(38-3)13(30)6-11/h4-8,17,19,21,24-27,29-32,34-36H,9-10H2,1-3H3/t17?,19-,21-,24?,25-,26-,27+,28?/m1/s1. The third kappa shape index (κ3) is 5.57. The molecule has 0 radical (unpaired) electrons. The van der Waals surface area contributed by atoms with Crippen LogP contribution in [0.4, 0.5) is 0 Å². The Morgan fingerprint density at radius 2 is 1.74 bits per heavy atom. The van der Waals surface area contributed by atoms with Crippen LogP contribution in [0.25, 0.3) is 22.3 Å². The lowest BCUT2D eigenvalue weighted by Crippen LogP contribution is -2.62. The van der Waals surface area contributed by atoms with Gasteiger partial charge in [0, 0.05) is 17.7 Å². The molecule has 3 unspecified atom stereocenters. The van der Waals surface area contributed by atoms with Crippen LogP contribution in [0.15, 0.2) is 39.5 Å². The summed E-state index contributed by atoms with van der Waals surface area (Å²) in [6.45, 7) is 0.212. The van der Waals surface area contributed by atoms with Crippen LogP contribution in [0.1, 0.15) is 6.92 Å². The Balaban J connectivity index is 1.64. The average Bonchev–Trinajstić information content (AvgIpc) is 3.24. The van der Waals surface area contributed by atoms with E-state index < -0.39 is 72.2 Å². The van der Waals surface area contributed by atoms with E-state index in [-0.39, 0.29) is 46.1 Å². The van der Waals surface area contributed by atoms with Crippen molar-refractivity contribution < 1.29 is 68.6 Å². The van der Waals surface area contributed by atoms with Crippen LogP contribution in [0.3, 0.4) is 0 Å². The van der Waals surface area contributed by atoms with Gasteiger partial charge in [-0.3, -0.25) is 4.79 Å². The first-order chi connectivity index (χ1) is 20.4. The van der Waals surface area contributed by atoms with Crippen LogP contribution in [-0.4, -0.2) is 112 Å². The number of fused-ring (bicyclic) bond motifs is 1. The second kappa shape index (κ2) is 11.8. The monoisotopic (exact) mass is 608 g/mol. The predicted molar refractivity (Wildman–Crippen MR) is 144 cm³/mol. The van der Waals surface area contributed by atoms with E-state index in [4.69, 9.17) is 32.8 Å². The van der Waals surface area contributed by atoms with E-state index in [9.17, 15) is 40.5 Å². The van der Waals surface area contributed by atoms with E-state index in [2.05, 4.69) is 0 Å². The van der Waals surface area contributed by atoms with Gasteiger partial charge in [-0.1, -0.05) is 0 Å². The minimum Gasteiger partial charge on any atom is -0.507 e. The molecule has 8 atom stereocenters. The number of methoxy groups -OCH3 is 2. The first kappa shape index (κ1) is 30.8. The van der Waals surface area contributed by atoms with Crippen LogP contribution >= 0.6 is 0 Å². The number of rotatable bonds is 8. The molecule has 0 saturated carbocycles. The lowest BCUT2D eigenvalue weighted by Gasteiger charge is -2.42. The van der Waals surface area contributed by atoms with Gasteiger partial charge >= 0.3 is 0 Å². The number of ether oxygens (including phenoxy) is 6. The van der Waals surface area contributed by atoms with Gasteiger partial charge in [0.15, 0.2) is 29.7 Å². The van der Waals surface area contributed by atoms with E-state index in [0.29, 0.717) is 0 Å². The molecule has 3 aromatic rings. The predicted octanol–water partition coefficient (Wildman–Crippen LogP) is -0.440. The van der Waals surface area contributed by atoms with Crippen molar-refractivity contribution in [3.63, 3.8) is 0 Å². The molecule has 3 heterocycles. The Morgan fingerprint density at radius 1 is 1.00 bits per heavy atom. The van der Waals surface area contributed by atoms with Gasteiger partial charge in [-0.2, -0.15) is 0 Å². The molecule has 15 heteroatoms. The Labute approximate surface area is 243 Å². The average molecular weight is 609 g/mol. The number of phenolic OH excluding ortho intramolecular Hbond substituents is 2. The Hall–Kier alpha value is -3.67. The Morgan fingerprint density at radius 3 is 2.35 bits per heavy atom. The molecule has 0 amide bonds. The summed E-state index contributed by atoms with van der Waals surface area (Å²) in [7, 11) is 2.69. The second-order valence-corrected chi connectivity index (χ2v) is 10.4. The highest BCUT2D eigenvalue weighted by Crippen LogP contribution is 2.40. The van der Waals surface area contributed by atoms with Gasteiger partial charge in [0.05, 0.1) is 27.4 Å². The summed E-state index contributed by atoms with van der Waals surface area (Å²) in [4.78, 5) is 13.9. The van der Waals surface area contributed by atoms with Gasteiger partial charge in [-0.05, 0) is 25.1 Å². The summed E-state index contributed by atoms with van der Waals surface area (Å²) in [6.07, 6.45) is -11.4. The van der Waals surface area contributed by atoms with E-state index in [0.717, 1.165) is 0 Å². The molecular weight excluding hydrogens is 576 g/mol. The molecule has 5 rings (SSSR count). The molecule has 7 N–H and O–H groups in total. The summed E-state index contributed by atoms with van der Waals surface area (Å²) in [6, 6.07) is 6.61. The maximum Gasteiger partial charge on any atom is 0.239 e. The molecule has 15 nitrogen and oxygen atoms in total. The summed E-state index contributed by atoms with van der Waals surface area (Å²) < 4.78 is 38.9. The highest BCUT2D eigenvalue weighted by molar-refractivity contribution is 5.88. The summed E-state index contributed by atoms with van der Waals surface area (Å²) in [5, 5.41) is 72.8. The second-order valence-electron chi connectivity index (χ2n) is 10.4. The smallest absolute Gasteiger partial charge is 0.239 e. The van der Waals surface area contributed by atoms with Crippen molar-refractivity contribution in [2.45, 2.75) is 55.6 Å². The SMILES string of the molecule is COc1cc(O)c2c(=O)c(O[C@H]3OC(CO)[C@@H](O)[C@@H](O)C3O[C@@H]3OCC(C)(O)[C@@H]3O)c(-c3ccc(OC)c(O)c3)oc2c1. The van der Waals surface area contributed by atoms with E-state index >= 15 is 0 Å². The van der Waals surface area contributed by atoms with Crippen molar-refractivity contribution in [3.05, 3.63) is 40.6 Å². The first-order valence-electron chi connectivity index (χ1n) is 13.1. The summed E-state index contributed by atoms with van der Waals surface area (Å²) >= 11 is 0. The molecule has 2 aromatic carbocycles. The van der Waals surface area contributed by atoms with Gasteiger partial charge < -0.3 is 68.6 Å². The number of hydrogen-bond donors (Lipinski definition) is 7. The first-order valence-corrected chi connectivity index (χ1v) is 13.1. The molecule has 0 aliphatic carbocycles. The van der Waals surface area contributed by atoms with E-state index in [1.165, 1.54) is 51.5 Å². The highest BCUT2D eigenvalue weighted by atomic mass is 16.8. The molecule has 234 valence electrons. The highest BCUT2D eigenvalue weighted by Gasteiger charge is 2.52. The van der Waals surface area contributed by atoms with Gasteiger partial charge in [-0.25, -0.2) is 0 Å². The molecule has 0 bridgehead atoms. The van der Waals surface area contributed by atoms with Crippen molar-refractivity contribution in [3.8, 4) is 40.1 Å². The number of aromatic hydroxyl groups is 2. The molecule has 43 heavy (non-hydrogen) atoms. The third-order valence-electron chi connectivity index (χ3n) is 7.37. The lowest BCUT2D eigenvalue weighted by molar-refractivity contribution is -0.318. The molecule has 2 saturated heterocycles. The molecule has 1 aromatic heterocycles. The quantitative estimate of drug-likeness (QED) is 0.172. The van der Waals surface area contributed by atoms with Crippen molar-refractivity contribution in [2.75, 3.05) is 27.4 Å². The van der Waals surface area contributed by atoms with Crippen LogP contribution < -0.4 is 19.6 Å². The minimum atomic E-state index is -1.81. The van der Waals surface area contributed by atoms with Crippen LogP contribution in [0.2, 0.25) is 0 Å². The number of phenols is 2. The number of hydrogen-bond acceptors (Lipinski definition) is 15. The zero-order valence-electron chi connectivity index (χ0n) is 23.2. The fourth-order valence-corrected chi connectivity index (χ4v) is 4.91. The van der Waals surface area contributed by atoms with Crippen LogP contribution in [-0.2, 0) is 14.2 Å². The maximum absolute atomic E-state index is 13.9. The maximum atomic E-state index is 13.9. The lowest BCUT2D eigenvalue weighted by atomic mass is 9.98. The molecule has 2 aliphatic rings. The Kier molecular flexibility index (Phi) is 8.43. The Bertz CT molecular complexity index is 1530. The largest absolute Gasteiger partial charge is 0.507 e. The zero-order chi connectivity index (χ0) is 31.2. The zero-order valence-corrected chi connectivity index (χ0v) is 23.2. The van der Waals surface area contributed by atoms with E-state index in [1.54, 1.807) is 0 Å². The molecule has 2 aliphatic heterocycles. The summed E-state index contributed by atoms with van der Waals surface area (Å²) in [5.41, 5.74) is -2.59. The van der Waals surface area contributed by atoms with Crippen molar-refractivity contribution >= 4 is 11.0 Å². The number of aliphatic hydroxyl groups is 5. The van der Waals surface area contributed by atoms with E-state index in [1.807, 2.05) is 0 Å². The van der Waals surface area contributed by atoms with Gasteiger partial charge in [0.2, 0.25) is 17.5 Å². The molecular formula is C28H32O15. The van der Waals surface area contributed by atoms with Crippen LogP contribution in [0, 0.1) is 0 Å². The fourth-order valence-electron chi connectivity index (χ4n) is 4.91. The normalized spacial score (nSPS) is 30.8. The van der Waals surface area contributed by atoms with Crippen LogP contribution in [0.5, 0.6) is 28.7 Å².